The Hall–Kier alpha value is -2.02. The molecule has 0 radical (unpaired) electrons. The number of rotatable bonds is 4. The molecule has 7 heteroatoms. The van der Waals surface area contributed by atoms with E-state index in [0.717, 1.165) is 34.1 Å². The van der Waals surface area contributed by atoms with Crippen molar-refractivity contribution in [1.82, 2.24) is 5.32 Å². The number of nitrogens with one attached hydrogen (secondary N) is 2. The van der Waals surface area contributed by atoms with Crippen molar-refractivity contribution in [3.8, 4) is 0 Å². The van der Waals surface area contributed by atoms with E-state index < -0.39 is 0 Å². The Bertz CT molecular complexity index is 850. The lowest BCUT2D eigenvalue weighted by atomic mass is 10.1. The highest BCUT2D eigenvalue weighted by Crippen LogP contribution is 2.32. The minimum atomic E-state index is -0.136. The smallest absolute Gasteiger partial charge is 0.242 e. The highest BCUT2D eigenvalue weighted by molar-refractivity contribution is 7.99. The van der Waals surface area contributed by atoms with Crippen molar-refractivity contribution in [3.05, 3.63) is 58.6 Å². The SMILES string of the molecule is O=C(Nc1ccc(CN2C(=O)Cc3ccc(Cl)cc32)cc1)C1CSCN1. The number of thioether (sulfide) groups is 1. The molecule has 2 aliphatic rings. The van der Waals surface area contributed by atoms with Crippen molar-refractivity contribution < 1.29 is 9.59 Å². The number of hydrogen-bond donors (Lipinski definition) is 2. The fourth-order valence-electron chi connectivity index (χ4n) is 3.17. The van der Waals surface area contributed by atoms with Gasteiger partial charge in [0.05, 0.1) is 19.0 Å². The summed E-state index contributed by atoms with van der Waals surface area (Å²) in [4.78, 5) is 26.2. The number of halogens is 1. The molecule has 134 valence electrons. The first-order valence-electron chi connectivity index (χ1n) is 8.40. The van der Waals surface area contributed by atoms with Gasteiger partial charge in [0.15, 0.2) is 0 Å². The van der Waals surface area contributed by atoms with Gasteiger partial charge in [-0.3, -0.25) is 14.9 Å². The third-order valence-electron chi connectivity index (χ3n) is 4.58. The zero-order valence-corrected chi connectivity index (χ0v) is 15.6. The molecule has 2 heterocycles. The summed E-state index contributed by atoms with van der Waals surface area (Å²) in [6.45, 7) is 0.487. The summed E-state index contributed by atoms with van der Waals surface area (Å²) >= 11 is 7.80. The minimum absolute atomic E-state index is 0.0129. The van der Waals surface area contributed by atoms with Crippen molar-refractivity contribution in [3.63, 3.8) is 0 Å². The summed E-state index contributed by atoms with van der Waals surface area (Å²) in [5.74, 6) is 1.67. The number of fused-ring (bicyclic) bond motifs is 1. The minimum Gasteiger partial charge on any atom is -0.325 e. The zero-order valence-electron chi connectivity index (χ0n) is 14.0. The molecule has 0 aliphatic carbocycles. The van der Waals surface area contributed by atoms with E-state index in [2.05, 4.69) is 10.6 Å². The van der Waals surface area contributed by atoms with Crippen LogP contribution in [-0.2, 0) is 22.6 Å². The van der Waals surface area contributed by atoms with Gasteiger partial charge >= 0.3 is 0 Å². The van der Waals surface area contributed by atoms with Crippen molar-refractivity contribution in [2.75, 3.05) is 21.8 Å². The van der Waals surface area contributed by atoms with Gasteiger partial charge in [0.25, 0.3) is 0 Å². The maximum Gasteiger partial charge on any atom is 0.242 e. The average Bonchev–Trinajstić information content (AvgIpc) is 3.26. The molecule has 1 saturated heterocycles. The topological polar surface area (TPSA) is 61.4 Å². The molecule has 2 amide bonds. The van der Waals surface area contributed by atoms with Crippen LogP contribution in [0.4, 0.5) is 11.4 Å². The summed E-state index contributed by atoms with van der Waals surface area (Å²) < 4.78 is 0. The molecule has 0 saturated carbocycles. The van der Waals surface area contributed by atoms with E-state index in [9.17, 15) is 9.59 Å². The van der Waals surface area contributed by atoms with Crippen molar-refractivity contribution >= 4 is 46.6 Å². The molecular formula is C19H18ClN3O2S. The number of nitrogens with zero attached hydrogens (tertiary/aromatic N) is 1. The standard InChI is InChI=1S/C19H18ClN3O2S/c20-14-4-3-13-7-18(24)23(17(13)8-14)9-12-1-5-15(6-2-12)22-19(25)16-10-26-11-21-16/h1-6,8,16,21H,7,9-11H2,(H,22,25). The van der Waals surface area contributed by atoms with Gasteiger partial charge in [-0.05, 0) is 35.4 Å². The monoisotopic (exact) mass is 387 g/mol. The highest BCUT2D eigenvalue weighted by Gasteiger charge is 2.27. The van der Waals surface area contributed by atoms with Gasteiger partial charge in [0.1, 0.15) is 0 Å². The van der Waals surface area contributed by atoms with Crippen LogP contribution < -0.4 is 15.5 Å². The van der Waals surface area contributed by atoms with Crippen LogP contribution >= 0.6 is 23.4 Å². The quantitative estimate of drug-likeness (QED) is 0.846. The third-order valence-corrected chi connectivity index (χ3v) is 5.75. The van der Waals surface area contributed by atoms with Gasteiger partial charge in [0.2, 0.25) is 11.8 Å². The Morgan fingerprint density at radius 3 is 2.81 bits per heavy atom. The molecule has 2 aliphatic heterocycles. The molecule has 2 aromatic rings. The Morgan fingerprint density at radius 1 is 1.27 bits per heavy atom. The summed E-state index contributed by atoms with van der Waals surface area (Å²) in [7, 11) is 0. The lowest BCUT2D eigenvalue weighted by molar-refractivity contribution is -0.118. The highest BCUT2D eigenvalue weighted by atomic mass is 35.5. The normalized spacial score (nSPS) is 18.9. The van der Waals surface area contributed by atoms with Crippen LogP contribution in [0.5, 0.6) is 0 Å². The number of amides is 2. The molecule has 0 spiro atoms. The molecule has 1 fully saturated rings. The molecule has 0 bridgehead atoms. The lowest BCUT2D eigenvalue weighted by Crippen LogP contribution is -2.37. The first-order valence-corrected chi connectivity index (χ1v) is 9.93. The molecule has 4 rings (SSSR count). The van der Waals surface area contributed by atoms with Crippen LogP contribution in [0.15, 0.2) is 42.5 Å². The van der Waals surface area contributed by atoms with E-state index in [1.54, 1.807) is 16.7 Å². The maximum atomic E-state index is 12.3. The predicted molar refractivity (Wildman–Crippen MR) is 106 cm³/mol. The van der Waals surface area contributed by atoms with E-state index in [0.29, 0.717) is 18.0 Å². The first kappa shape index (κ1) is 17.4. The van der Waals surface area contributed by atoms with Crippen LogP contribution in [0.1, 0.15) is 11.1 Å². The van der Waals surface area contributed by atoms with Gasteiger partial charge in [-0.2, -0.15) is 0 Å². The van der Waals surface area contributed by atoms with Gasteiger partial charge in [-0.1, -0.05) is 29.8 Å². The number of anilines is 2. The third kappa shape index (κ3) is 3.58. The maximum absolute atomic E-state index is 12.3. The van der Waals surface area contributed by atoms with E-state index in [1.165, 1.54) is 0 Å². The second-order valence-electron chi connectivity index (χ2n) is 6.39. The van der Waals surface area contributed by atoms with Crippen LogP contribution in [0.2, 0.25) is 5.02 Å². The summed E-state index contributed by atoms with van der Waals surface area (Å²) in [6.07, 6.45) is 0.410. The summed E-state index contributed by atoms with van der Waals surface area (Å²) in [5.41, 5.74) is 3.64. The fraction of sp³-hybridized carbons (Fsp3) is 0.263. The largest absolute Gasteiger partial charge is 0.325 e. The number of benzene rings is 2. The van der Waals surface area contributed by atoms with Gasteiger partial charge in [-0.25, -0.2) is 0 Å². The summed E-state index contributed by atoms with van der Waals surface area (Å²) in [6, 6.07) is 13.0. The molecule has 1 atom stereocenters. The van der Waals surface area contributed by atoms with E-state index in [-0.39, 0.29) is 17.9 Å². The molecule has 1 unspecified atom stereocenters. The van der Waals surface area contributed by atoms with Crippen molar-refractivity contribution in [2.45, 2.75) is 19.0 Å². The van der Waals surface area contributed by atoms with E-state index in [1.807, 2.05) is 42.5 Å². The Labute approximate surface area is 161 Å². The fourth-order valence-corrected chi connectivity index (χ4v) is 4.28. The van der Waals surface area contributed by atoms with E-state index >= 15 is 0 Å². The molecule has 2 N–H and O–H groups in total. The summed E-state index contributed by atoms with van der Waals surface area (Å²) in [5, 5.41) is 6.70. The molecular weight excluding hydrogens is 370 g/mol. The predicted octanol–water partition coefficient (Wildman–Crippen LogP) is 3.03. The molecule has 0 aromatic heterocycles. The van der Waals surface area contributed by atoms with Crippen LogP contribution in [0.25, 0.3) is 0 Å². The second kappa shape index (κ2) is 7.31. The van der Waals surface area contributed by atoms with E-state index in [4.69, 9.17) is 11.6 Å². The second-order valence-corrected chi connectivity index (χ2v) is 7.85. The van der Waals surface area contributed by atoms with Crippen LogP contribution in [-0.4, -0.2) is 29.5 Å². The molecule has 5 nitrogen and oxygen atoms in total. The van der Waals surface area contributed by atoms with Crippen molar-refractivity contribution in [1.29, 1.82) is 0 Å². The molecule has 2 aromatic carbocycles. The Balaban J connectivity index is 1.44. The van der Waals surface area contributed by atoms with Crippen molar-refractivity contribution in [2.24, 2.45) is 0 Å². The Kier molecular flexibility index (Phi) is 4.89. The molecule has 26 heavy (non-hydrogen) atoms. The number of carbonyl (C=O) groups is 2. The van der Waals surface area contributed by atoms with Gasteiger partial charge in [-0.15, -0.1) is 11.8 Å². The number of carbonyl (C=O) groups excluding carboxylic acids is 2. The zero-order chi connectivity index (χ0) is 18.1. The van der Waals surface area contributed by atoms with Gasteiger partial charge in [0, 0.05) is 28.0 Å². The van der Waals surface area contributed by atoms with Crippen LogP contribution in [0, 0.1) is 0 Å². The Morgan fingerprint density at radius 2 is 2.08 bits per heavy atom. The first-order chi connectivity index (χ1) is 12.6. The number of hydrogen-bond acceptors (Lipinski definition) is 4. The van der Waals surface area contributed by atoms with Crippen LogP contribution in [0.3, 0.4) is 0 Å². The lowest BCUT2D eigenvalue weighted by Gasteiger charge is -2.18. The van der Waals surface area contributed by atoms with Gasteiger partial charge < -0.3 is 10.2 Å². The average molecular weight is 388 g/mol.